The summed E-state index contributed by atoms with van der Waals surface area (Å²) in [5, 5.41) is 0. The zero-order valence-corrected chi connectivity index (χ0v) is 7.22. The van der Waals surface area contributed by atoms with E-state index in [2.05, 4.69) is 20.5 Å². The van der Waals surface area contributed by atoms with Gasteiger partial charge in [0.1, 0.15) is 0 Å². The van der Waals surface area contributed by atoms with Crippen molar-refractivity contribution in [2.24, 2.45) is 0 Å². The molecule has 0 saturated heterocycles. The third-order valence-corrected chi connectivity index (χ3v) is 1.19. The predicted octanol–water partition coefficient (Wildman–Crippen LogP) is -0.385. The molecule has 0 bridgehead atoms. The number of hydrogen-bond acceptors (Lipinski definition) is 4. The van der Waals surface area contributed by atoms with E-state index in [0.29, 0.717) is 0 Å². The molecule has 0 aromatic carbocycles. The van der Waals surface area contributed by atoms with Crippen LogP contribution in [0.3, 0.4) is 0 Å². The number of halogens is 1. The molecular weight excluding hydrogens is 211 g/mol. The Labute approximate surface area is 61.6 Å². The van der Waals surface area contributed by atoms with Gasteiger partial charge in [0.2, 0.25) is 0 Å². The molecule has 0 amide bonds. The largest absolute Gasteiger partial charge is 0.790 e. The minimum Gasteiger partial charge on any atom is -0.790 e. The molecule has 4 nitrogen and oxygen atoms in total. The van der Waals surface area contributed by atoms with Crippen molar-refractivity contribution in [1.82, 2.24) is 0 Å². The average Bonchev–Trinajstić information content (AvgIpc) is 1.59. The Morgan fingerprint density at radius 3 is 2.33 bits per heavy atom. The summed E-state index contributed by atoms with van der Waals surface area (Å²) in [5.41, 5.74) is 0. The number of hydrogen-bond donors (Lipinski definition) is 0. The second kappa shape index (κ2) is 3.68. The molecule has 1 atom stereocenters. The van der Waals surface area contributed by atoms with Gasteiger partial charge in [-0.3, -0.25) is 0 Å². The summed E-state index contributed by atoms with van der Waals surface area (Å²) in [4.78, 5) is 19.4. The van der Waals surface area contributed by atoms with Gasteiger partial charge in [0.05, 0.1) is 14.4 Å². The monoisotopic (exact) mass is 216 g/mol. The average molecular weight is 217 g/mol. The van der Waals surface area contributed by atoms with E-state index in [9.17, 15) is 14.4 Å². The molecule has 0 spiro atoms. The van der Waals surface area contributed by atoms with Crippen molar-refractivity contribution in [1.29, 1.82) is 0 Å². The molecule has 0 aliphatic heterocycles. The number of rotatable bonds is 3. The van der Waals surface area contributed by atoms with E-state index in [0.717, 1.165) is 0 Å². The van der Waals surface area contributed by atoms with Gasteiger partial charge in [0.15, 0.2) is 0 Å². The molecule has 0 aromatic heterocycles. The van der Waals surface area contributed by atoms with Crippen molar-refractivity contribution in [3.05, 3.63) is 0 Å². The Balaban J connectivity index is 3.40. The van der Waals surface area contributed by atoms with Crippen LogP contribution in [0, 0.1) is 0 Å². The third kappa shape index (κ3) is 8.59. The summed E-state index contributed by atoms with van der Waals surface area (Å²) in [7, 11) is -4.75. The fourth-order valence-corrected chi connectivity index (χ4v) is 0.937. The van der Waals surface area contributed by atoms with Crippen LogP contribution in [0.2, 0.25) is 0 Å². The van der Waals surface area contributed by atoms with Crippen LogP contribution in [0.25, 0.3) is 0 Å². The fourth-order valence-electron chi connectivity index (χ4n) is 0.194. The molecule has 56 valence electrons. The highest BCUT2D eigenvalue weighted by molar-refractivity contribution is 9.09. The molecule has 0 heterocycles. The molecule has 6 heteroatoms. The van der Waals surface area contributed by atoms with Crippen molar-refractivity contribution in [3.63, 3.8) is 0 Å². The lowest BCUT2D eigenvalue weighted by molar-refractivity contribution is -0.341. The highest BCUT2D eigenvalue weighted by Gasteiger charge is 1.96. The molecule has 0 saturated carbocycles. The molecule has 1 unspecified atom stereocenters. The van der Waals surface area contributed by atoms with Gasteiger partial charge in [0.25, 0.3) is 0 Å². The maximum Gasteiger partial charge on any atom is 0.0641 e. The molecule has 0 aliphatic carbocycles. The Morgan fingerprint density at radius 1 is 1.78 bits per heavy atom. The Hall–Kier alpha value is 0.590. The normalized spacial score (nSPS) is 15.6. The van der Waals surface area contributed by atoms with Crippen molar-refractivity contribution in [2.75, 3.05) is 6.61 Å². The molecule has 0 fully saturated rings. The predicted molar refractivity (Wildman–Crippen MR) is 31.9 cm³/mol. The highest BCUT2D eigenvalue weighted by atomic mass is 79.9. The zero-order valence-electron chi connectivity index (χ0n) is 4.74. The van der Waals surface area contributed by atoms with Gasteiger partial charge in [-0.25, -0.2) is 0 Å². The minimum atomic E-state index is -4.75. The van der Waals surface area contributed by atoms with Crippen molar-refractivity contribution in [2.45, 2.75) is 11.8 Å². The van der Waals surface area contributed by atoms with Crippen LogP contribution in [0.4, 0.5) is 0 Å². The summed E-state index contributed by atoms with van der Waals surface area (Å²) in [6, 6.07) is 0. The highest BCUT2D eigenvalue weighted by Crippen LogP contribution is 2.25. The first-order valence-corrected chi connectivity index (χ1v) is 4.60. The van der Waals surface area contributed by atoms with E-state index in [1.807, 2.05) is 0 Å². The van der Waals surface area contributed by atoms with Crippen molar-refractivity contribution >= 4 is 23.8 Å². The van der Waals surface area contributed by atoms with Gasteiger partial charge in [-0.1, -0.05) is 22.9 Å². The second-order valence-corrected chi connectivity index (χ2v) is 4.24. The van der Waals surface area contributed by atoms with Crippen LogP contribution in [0.15, 0.2) is 0 Å². The topological polar surface area (TPSA) is 72.4 Å². The first-order chi connectivity index (χ1) is 3.92. The molecule has 0 N–H and O–H groups in total. The van der Waals surface area contributed by atoms with Crippen LogP contribution < -0.4 is 9.79 Å². The maximum atomic E-state index is 9.76. The van der Waals surface area contributed by atoms with E-state index in [1.165, 1.54) is 0 Å². The van der Waals surface area contributed by atoms with Crippen LogP contribution in [0.1, 0.15) is 6.92 Å². The first-order valence-electron chi connectivity index (χ1n) is 2.22. The Bertz CT molecular complexity index is 119. The molecule has 0 rings (SSSR count). The number of phosphoric ester groups is 1. The van der Waals surface area contributed by atoms with Crippen LogP contribution in [-0.4, -0.2) is 11.4 Å². The van der Waals surface area contributed by atoms with Crippen LogP contribution >= 0.6 is 23.8 Å². The van der Waals surface area contributed by atoms with Gasteiger partial charge in [-0.05, 0) is 0 Å². The molecule has 9 heavy (non-hydrogen) atoms. The van der Waals surface area contributed by atoms with Gasteiger partial charge in [-0.15, -0.1) is 0 Å². The summed E-state index contributed by atoms with van der Waals surface area (Å²) in [5.74, 6) is 0. The van der Waals surface area contributed by atoms with E-state index >= 15 is 0 Å². The standard InChI is InChI=1S/C3H8BrO4P/c1-3(4)2-8-9(5,6)7/h3H,2H2,1H3,(H2,5,6,7)/p-2. The second-order valence-electron chi connectivity index (χ2n) is 1.52. The van der Waals surface area contributed by atoms with E-state index in [-0.39, 0.29) is 11.4 Å². The first kappa shape index (κ1) is 9.59. The molecule has 0 aromatic rings. The fraction of sp³-hybridized carbons (Fsp3) is 1.00. The smallest absolute Gasteiger partial charge is 0.0641 e. The van der Waals surface area contributed by atoms with Crippen LogP contribution in [-0.2, 0) is 9.09 Å². The number of alkyl halides is 1. The summed E-state index contributed by atoms with van der Waals surface area (Å²) >= 11 is 3.00. The summed E-state index contributed by atoms with van der Waals surface area (Å²) in [6.07, 6.45) is 0. The van der Waals surface area contributed by atoms with E-state index in [1.54, 1.807) is 6.92 Å². The lowest BCUT2D eigenvalue weighted by atomic mass is 10.5. The van der Waals surface area contributed by atoms with Gasteiger partial charge >= 0.3 is 0 Å². The van der Waals surface area contributed by atoms with Crippen molar-refractivity contribution in [3.8, 4) is 0 Å². The lowest BCUT2D eigenvalue weighted by Gasteiger charge is -2.28. The zero-order chi connectivity index (χ0) is 7.49. The lowest BCUT2D eigenvalue weighted by Crippen LogP contribution is -2.18. The third-order valence-electron chi connectivity index (χ3n) is 0.462. The van der Waals surface area contributed by atoms with Crippen LogP contribution in [0.5, 0.6) is 0 Å². The van der Waals surface area contributed by atoms with E-state index in [4.69, 9.17) is 0 Å². The SMILES string of the molecule is CC(Br)COP(=O)([O-])[O-]. The number of phosphoric acid groups is 1. The Kier molecular flexibility index (Phi) is 3.93. The maximum absolute atomic E-state index is 9.76. The van der Waals surface area contributed by atoms with Gasteiger partial charge < -0.3 is 18.9 Å². The summed E-state index contributed by atoms with van der Waals surface area (Å²) < 4.78 is 13.7. The van der Waals surface area contributed by atoms with Gasteiger partial charge in [-0.2, -0.15) is 0 Å². The minimum absolute atomic E-state index is 0.107. The molecular formula is C3H6BrO4P-2. The van der Waals surface area contributed by atoms with Crippen molar-refractivity contribution < 1.29 is 18.9 Å². The Morgan fingerprint density at radius 2 is 2.22 bits per heavy atom. The molecule has 0 aliphatic rings. The quantitative estimate of drug-likeness (QED) is 0.476. The van der Waals surface area contributed by atoms with E-state index < -0.39 is 7.82 Å². The summed E-state index contributed by atoms with van der Waals surface area (Å²) in [6.45, 7) is 1.57. The molecule has 0 radical (unpaired) electrons. The van der Waals surface area contributed by atoms with Gasteiger partial charge in [0, 0.05) is 4.83 Å².